The maximum absolute atomic E-state index is 12.6. The zero-order chi connectivity index (χ0) is 17.2. The molecule has 3 heterocycles. The lowest BCUT2D eigenvalue weighted by Gasteiger charge is -2.35. The van der Waals surface area contributed by atoms with Crippen LogP contribution in [0.25, 0.3) is 10.9 Å². The molecule has 1 amide bonds. The molecule has 2 fully saturated rings. The van der Waals surface area contributed by atoms with E-state index in [0.29, 0.717) is 22.9 Å². The molecule has 0 spiro atoms. The normalized spacial score (nSPS) is 20.9. The molecule has 4 rings (SSSR count). The number of hydrogen-bond acceptors (Lipinski definition) is 4. The van der Waals surface area contributed by atoms with Crippen LogP contribution in [0, 0.1) is 5.92 Å². The minimum absolute atomic E-state index is 0. The minimum Gasteiger partial charge on any atom is -0.341 e. The zero-order valence-corrected chi connectivity index (χ0v) is 15.6. The maximum atomic E-state index is 12.6. The molecule has 1 aromatic heterocycles. The molecule has 0 bridgehead atoms. The summed E-state index contributed by atoms with van der Waals surface area (Å²) in [5, 5.41) is 4.14. The molecule has 0 radical (unpaired) electrons. The highest BCUT2D eigenvalue weighted by Gasteiger charge is 2.29. The van der Waals surface area contributed by atoms with Crippen molar-refractivity contribution in [3.8, 4) is 0 Å². The van der Waals surface area contributed by atoms with Crippen molar-refractivity contribution in [3.05, 3.63) is 40.9 Å². The fourth-order valence-electron chi connectivity index (χ4n) is 4.13. The summed E-state index contributed by atoms with van der Waals surface area (Å²) < 4.78 is 1.43. The Morgan fingerprint density at radius 3 is 2.69 bits per heavy atom. The topological polar surface area (TPSA) is 67.2 Å². The first kappa shape index (κ1) is 18.9. The fourth-order valence-corrected chi connectivity index (χ4v) is 4.13. The maximum Gasteiger partial charge on any atom is 0.261 e. The lowest BCUT2D eigenvalue weighted by atomic mass is 9.88. The lowest BCUT2D eigenvalue weighted by Crippen LogP contribution is -2.45. The van der Waals surface area contributed by atoms with Crippen molar-refractivity contribution >= 4 is 29.2 Å². The van der Waals surface area contributed by atoms with Crippen molar-refractivity contribution in [2.75, 3.05) is 19.6 Å². The van der Waals surface area contributed by atoms with Crippen LogP contribution in [0.15, 0.2) is 35.4 Å². The number of likely N-dealkylation sites (tertiary alicyclic amines) is 1. The largest absolute Gasteiger partial charge is 0.341 e. The standard InChI is InChI=1S/C19H24N4O2.ClH/c24-18(22-10-7-14(8-11-22)16-6-3-9-20-16)12-23-13-21-17-5-2-1-4-15(17)19(23)25;/h1-2,4-5,13-14,16,20H,3,6-12H2;1H. The van der Waals surface area contributed by atoms with Crippen molar-refractivity contribution in [1.29, 1.82) is 0 Å². The Bertz CT molecular complexity index is 824. The summed E-state index contributed by atoms with van der Waals surface area (Å²) in [6, 6.07) is 7.87. The van der Waals surface area contributed by atoms with E-state index in [4.69, 9.17) is 0 Å². The zero-order valence-electron chi connectivity index (χ0n) is 14.8. The monoisotopic (exact) mass is 376 g/mol. The van der Waals surface area contributed by atoms with Gasteiger partial charge in [-0.25, -0.2) is 4.98 Å². The first-order chi connectivity index (χ1) is 12.2. The van der Waals surface area contributed by atoms with E-state index in [9.17, 15) is 9.59 Å². The summed E-state index contributed by atoms with van der Waals surface area (Å²) in [6.45, 7) is 2.78. The predicted molar refractivity (Wildman–Crippen MR) is 104 cm³/mol. The molecule has 1 aromatic carbocycles. The van der Waals surface area contributed by atoms with Crippen molar-refractivity contribution < 1.29 is 4.79 Å². The van der Waals surface area contributed by atoms with Gasteiger partial charge in [-0.2, -0.15) is 0 Å². The molecule has 1 unspecified atom stereocenters. The molecular formula is C19H25ClN4O2. The highest BCUT2D eigenvalue weighted by molar-refractivity contribution is 5.85. The molecule has 1 N–H and O–H groups in total. The van der Waals surface area contributed by atoms with Gasteiger partial charge in [0.05, 0.1) is 17.2 Å². The first-order valence-electron chi connectivity index (χ1n) is 9.18. The van der Waals surface area contributed by atoms with Gasteiger partial charge in [0.15, 0.2) is 0 Å². The number of para-hydroxylation sites is 1. The third-order valence-corrected chi connectivity index (χ3v) is 5.60. The molecule has 2 aromatic rings. The van der Waals surface area contributed by atoms with Crippen LogP contribution < -0.4 is 10.9 Å². The summed E-state index contributed by atoms with van der Waals surface area (Å²) in [7, 11) is 0. The molecule has 0 aliphatic carbocycles. The number of aromatic nitrogens is 2. The summed E-state index contributed by atoms with van der Waals surface area (Å²) in [6.07, 6.45) is 6.11. The molecule has 7 heteroatoms. The summed E-state index contributed by atoms with van der Waals surface area (Å²) in [5.41, 5.74) is 0.519. The van der Waals surface area contributed by atoms with E-state index < -0.39 is 0 Å². The highest BCUT2D eigenvalue weighted by Crippen LogP contribution is 2.25. The van der Waals surface area contributed by atoms with Gasteiger partial charge in [0, 0.05) is 19.1 Å². The molecule has 2 aliphatic heterocycles. The minimum atomic E-state index is -0.149. The van der Waals surface area contributed by atoms with Gasteiger partial charge in [-0.05, 0) is 50.3 Å². The van der Waals surface area contributed by atoms with Crippen molar-refractivity contribution in [2.45, 2.75) is 38.3 Å². The molecular weight excluding hydrogens is 352 g/mol. The summed E-state index contributed by atoms with van der Waals surface area (Å²) in [5.74, 6) is 0.689. The average Bonchev–Trinajstić information content (AvgIpc) is 3.19. The van der Waals surface area contributed by atoms with E-state index in [1.807, 2.05) is 23.1 Å². The Kier molecular flexibility index (Phi) is 5.94. The van der Waals surface area contributed by atoms with Gasteiger partial charge in [0.2, 0.25) is 5.91 Å². The van der Waals surface area contributed by atoms with Crippen molar-refractivity contribution in [1.82, 2.24) is 19.8 Å². The van der Waals surface area contributed by atoms with Gasteiger partial charge < -0.3 is 10.2 Å². The Balaban J connectivity index is 0.00000196. The SMILES string of the molecule is Cl.O=C(Cn1cnc2ccccc2c1=O)N1CCC(C2CCCN2)CC1. The number of nitrogens with zero attached hydrogens (tertiary/aromatic N) is 3. The predicted octanol–water partition coefficient (Wildman–Crippen LogP) is 1.81. The van der Waals surface area contributed by atoms with Crippen LogP contribution in [0.4, 0.5) is 0 Å². The number of amides is 1. The van der Waals surface area contributed by atoms with E-state index in [0.717, 1.165) is 32.5 Å². The Morgan fingerprint density at radius 2 is 1.96 bits per heavy atom. The Morgan fingerprint density at radius 1 is 1.19 bits per heavy atom. The van der Waals surface area contributed by atoms with Gasteiger partial charge in [-0.1, -0.05) is 12.1 Å². The Labute approximate surface area is 159 Å². The first-order valence-corrected chi connectivity index (χ1v) is 9.18. The fraction of sp³-hybridized carbons (Fsp3) is 0.526. The number of rotatable bonds is 3. The van der Waals surface area contributed by atoms with Crippen LogP contribution in [-0.2, 0) is 11.3 Å². The number of nitrogens with one attached hydrogen (secondary N) is 1. The molecule has 0 saturated carbocycles. The number of hydrogen-bond donors (Lipinski definition) is 1. The van der Waals surface area contributed by atoms with Crippen molar-refractivity contribution in [3.63, 3.8) is 0 Å². The van der Waals surface area contributed by atoms with Crippen molar-refractivity contribution in [2.24, 2.45) is 5.92 Å². The number of carbonyl (C=O) groups excluding carboxylic acids is 1. The number of halogens is 1. The molecule has 6 nitrogen and oxygen atoms in total. The van der Waals surface area contributed by atoms with E-state index in [1.54, 1.807) is 6.07 Å². The van der Waals surface area contributed by atoms with Crippen LogP contribution in [0.5, 0.6) is 0 Å². The quantitative estimate of drug-likeness (QED) is 0.887. The number of fused-ring (bicyclic) bond motifs is 1. The molecule has 2 aliphatic rings. The van der Waals surface area contributed by atoms with E-state index in [2.05, 4.69) is 10.3 Å². The second-order valence-electron chi connectivity index (χ2n) is 7.12. The second kappa shape index (κ2) is 8.18. The van der Waals surface area contributed by atoms with Crippen LogP contribution in [0.3, 0.4) is 0 Å². The number of benzene rings is 1. The lowest BCUT2D eigenvalue weighted by molar-refractivity contribution is -0.133. The third-order valence-electron chi connectivity index (χ3n) is 5.60. The van der Waals surface area contributed by atoms with Crippen LogP contribution >= 0.6 is 12.4 Å². The summed E-state index contributed by atoms with van der Waals surface area (Å²) in [4.78, 5) is 31.3. The smallest absolute Gasteiger partial charge is 0.261 e. The van der Waals surface area contributed by atoms with Gasteiger partial charge in [-0.15, -0.1) is 12.4 Å². The molecule has 2 saturated heterocycles. The number of piperidine rings is 1. The summed E-state index contributed by atoms with van der Waals surface area (Å²) >= 11 is 0. The van der Waals surface area contributed by atoms with Gasteiger partial charge in [0.1, 0.15) is 6.54 Å². The third kappa shape index (κ3) is 3.76. The molecule has 140 valence electrons. The second-order valence-corrected chi connectivity index (χ2v) is 7.12. The van der Waals surface area contributed by atoms with Gasteiger partial charge >= 0.3 is 0 Å². The average molecular weight is 377 g/mol. The van der Waals surface area contributed by atoms with Gasteiger partial charge in [-0.3, -0.25) is 14.2 Å². The van der Waals surface area contributed by atoms with Crippen LogP contribution in [0.2, 0.25) is 0 Å². The Hall–Kier alpha value is -1.92. The van der Waals surface area contributed by atoms with E-state index >= 15 is 0 Å². The van der Waals surface area contributed by atoms with Gasteiger partial charge in [0.25, 0.3) is 5.56 Å². The highest BCUT2D eigenvalue weighted by atomic mass is 35.5. The van der Waals surface area contributed by atoms with E-state index in [1.165, 1.54) is 23.7 Å². The van der Waals surface area contributed by atoms with E-state index in [-0.39, 0.29) is 30.4 Å². The van der Waals surface area contributed by atoms with Crippen LogP contribution in [-0.4, -0.2) is 46.0 Å². The molecule has 26 heavy (non-hydrogen) atoms. The number of carbonyl (C=O) groups is 1. The molecule has 1 atom stereocenters. The van der Waals surface area contributed by atoms with Crippen LogP contribution in [0.1, 0.15) is 25.7 Å².